The molecule has 0 aliphatic carbocycles. The van der Waals surface area contributed by atoms with Gasteiger partial charge in [-0.25, -0.2) is 0 Å². The molecule has 0 saturated carbocycles. The van der Waals surface area contributed by atoms with Crippen LogP contribution in [0.5, 0.6) is 0 Å². The van der Waals surface area contributed by atoms with Crippen LogP contribution in [-0.4, -0.2) is 23.9 Å². The molecular weight excluding hydrogens is 337 g/mol. The van der Waals surface area contributed by atoms with E-state index in [-0.39, 0.29) is 0 Å². The Kier molecular flexibility index (Phi) is 3.40. The molecule has 0 saturated heterocycles. The van der Waals surface area contributed by atoms with Crippen molar-refractivity contribution in [3.8, 4) is 11.3 Å². The van der Waals surface area contributed by atoms with Gasteiger partial charge in [0.25, 0.3) is 0 Å². The van der Waals surface area contributed by atoms with E-state index in [4.69, 9.17) is 23.2 Å². The second kappa shape index (κ2) is 5.30. The number of benzene rings is 1. The lowest BCUT2D eigenvalue weighted by atomic mass is 10.1. The van der Waals surface area contributed by atoms with Gasteiger partial charge < -0.3 is 10.3 Å². The molecule has 1 aliphatic rings. The lowest BCUT2D eigenvalue weighted by Crippen LogP contribution is -2.19. The van der Waals surface area contributed by atoms with E-state index < -0.39 is 0 Å². The quantitative estimate of drug-likeness (QED) is 0.681. The van der Waals surface area contributed by atoms with E-state index in [0.717, 1.165) is 51.0 Å². The maximum Gasteiger partial charge on any atom is 0.131 e. The highest BCUT2D eigenvalue weighted by Crippen LogP contribution is 2.39. The molecule has 22 heavy (non-hydrogen) atoms. The molecule has 3 nitrogen and oxygen atoms in total. The second-order valence-electron chi connectivity index (χ2n) is 5.27. The monoisotopic (exact) mass is 349 g/mol. The molecule has 0 amide bonds. The largest absolute Gasteiger partial charge is 0.368 e. The number of aromatic nitrogens is 1. The van der Waals surface area contributed by atoms with Crippen LogP contribution >= 0.6 is 34.5 Å². The molecule has 1 aromatic carbocycles. The van der Waals surface area contributed by atoms with Crippen LogP contribution < -0.4 is 5.32 Å². The summed E-state index contributed by atoms with van der Waals surface area (Å²) in [5.74, 6) is 0.906. The number of halogens is 2. The van der Waals surface area contributed by atoms with Crippen molar-refractivity contribution >= 4 is 51.3 Å². The number of nitrogens with one attached hydrogen (secondary N) is 2. The summed E-state index contributed by atoms with van der Waals surface area (Å²) in [6, 6.07) is 7.96. The molecule has 2 N–H and O–H groups in total. The van der Waals surface area contributed by atoms with Crippen LogP contribution in [0.25, 0.3) is 22.2 Å². The van der Waals surface area contributed by atoms with Crippen LogP contribution in [0.1, 0.15) is 10.4 Å². The average Bonchev–Trinajstić information content (AvgIpc) is 3.16. The highest BCUT2D eigenvalue weighted by Gasteiger charge is 2.22. The van der Waals surface area contributed by atoms with Gasteiger partial charge in [-0.2, -0.15) is 0 Å². The summed E-state index contributed by atoms with van der Waals surface area (Å²) in [5, 5.41) is 5.13. The zero-order valence-electron chi connectivity index (χ0n) is 11.8. The Morgan fingerprint density at radius 1 is 1.23 bits per heavy atom. The summed E-state index contributed by atoms with van der Waals surface area (Å²) in [7, 11) is 0. The SMILES string of the molecule is Cc1cc(-c2[nH]c3ccc(Cl)cc3c2C2=NCCN2)c(Cl)s1. The number of rotatable bonds is 2. The first-order chi connectivity index (χ1) is 10.6. The summed E-state index contributed by atoms with van der Waals surface area (Å²) >= 11 is 14.2. The van der Waals surface area contributed by atoms with Crippen molar-refractivity contribution in [2.45, 2.75) is 6.92 Å². The minimum atomic E-state index is 0.713. The molecule has 0 atom stereocenters. The third-order valence-electron chi connectivity index (χ3n) is 3.75. The Morgan fingerprint density at radius 3 is 2.77 bits per heavy atom. The van der Waals surface area contributed by atoms with Crippen molar-refractivity contribution in [3.63, 3.8) is 0 Å². The van der Waals surface area contributed by atoms with Crippen molar-refractivity contribution in [3.05, 3.63) is 44.1 Å². The standard InChI is InChI=1S/C16H13Cl2N3S/c1-8-6-11(15(18)22-8)14-13(16-19-4-5-20-16)10-7-9(17)2-3-12(10)21-14/h2-3,6-7,21H,4-5H2,1H3,(H,19,20). The number of H-pyrrole nitrogens is 1. The summed E-state index contributed by atoms with van der Waals surface area (Å²) in [4.78, 5) is 9.25. The van der Waals surface area contributed by atoms with Gasteiger partial charge in [0.15, 0.2) is 0 Å². The Labute approximate surface area is 142 Å². The second-order valence-corrected chi connectivity index (χ2v) is 7.56. The van der Waals surface area contributed by atoms with Crippen LogP contribution in [0.4, 0.5) is 0 Å². The van der Waals surface area contributed by atoms with Crippen molar-refractivity contribution in [1.29, 1.82) is 0 Å². The lowest BCUT2D eigenvalue weighted by Gasteiger charge is -2.05. The predicted octanol–water partition coefficient (Wildman–Crippen LogP) is 4.86. The molecule has 0 fully saturated rings. The molecule has 3 heterocycles. The predicted molar refractivity (Wildman–Crippen MR) is 95.8 cm³/mol. The minimum Gasteiger partial charge on any atom is -0.368 e. The number of hydrogen-bond acceptors (Lipinski definition) is 3. The Morgan fingerprint density at radius 2 is 2.09 bits per heavy atom. The zero-order valence-corrected chi connectivity index (χ0v) is 14.2. The van der Waals surface area contributed by atoms with E-state index in [0.29, 0.717) is 5.02 Å². The van der Waals surface area contributed by atoms with E-state index in [9.17, 15) is 0 Å². The van der Waals surface area contributed by atoms with Crippen LogP contribution in [0.3, 0.4) is 0 Å². The van der Waals surface area contributed by atoms with Gasteiger partial charge in [0.1, 0.15) is 10.2 Å². The van der Waals surface area contributed by atoms with Gasteiger partial charge in [-0.1, -0.05) is 23.2 Å². The third kappa shape index (κ3) is 2.22. The first-order valence-corrected chi connectivity index (χ1v) is 8.57. The van der Waals surface area contributed by atoms with Crippen LogP contribution in [0, 0.1) is 6.92 Å². The van der Waals surface area contributed by atoms with Crippen molar-refractivity contribution in [2.24, 2.45) is 4.99 Å². The van der Waals surface area contributed by atoms with E-state index >= 15 is 0 Å². The fraction of sp³-hybridized carbons (Fsp3) is 0.188. The molecule has 4 rings (SSSR count). The van der Waals surface area contributed by atoms with E-state index in [1.54, 1.807) is 11.3 Å². The third-order valence-corrected chi connectivity index (χ3v) is 5.26. The molecular formula is C16H13Cl2N3S. The van der Waals surface area contributed by atoms with Crippen LogP contribution in [0.2, 0.25) is 9.36 Å². The van der Waals surface area contributed by atoms with Gasteiger partial charge in [-0.3, -0.25) is 4.99 Å². The van der Waals surface area contributed by atoms with Crippen LogP contribution in [-0.2, 0) is 0 Å². The lowest BCUT2D eigenvalue weighted by molar-refractivity contribution is 0.960. The average molecular weight is 350 g/mol. The van der Waals surface area contributed by atoms with E-state index in [1.165, 1.54) is 4.88 Å². The maximum absolute atomic E-state index is 6.43. The number of hydrogen-bond donors (Lipinski definition) is 2. The Balaban J connectivity index is 2.05. The normalized spacial score (nSPS) is 14.4. The summed E-state index contributed by atoms with van der Waals surface area (Å²) < 4.78 is 0.787. The number of aliphatic imine (C=N–C) groups is 1. The number of amidine groups is 1. The number of thiophene rings is 1. The molecule has 0 radical (unpaired) electrons. The molecule has 112 valence electrons. The van der Waals surface area contributed by atoms with E-state index in [1.807, 2.05) is 18.2 Å². The van der Waals surface area contributed by atoms with E-state index in [2.05, 4.69) is 28.3 Å². The number of fused-ring (bicyclic) bond motifs is 1. The van der Waals surface area contributed by atoms with Crippen molar-refractivity contribution in [2.75, 3.05) is 13.1 Å². The molecule has 1 aliphatic heterocycles. The highest BCUT2D eigenvalue weighted by molar-refractivity contribution is 7.16. The van der Waals surface area contributed by atoms with Gasteiger partial charge in [0.05, 0.1) is 17.8 Å². The minimum absolute atomic E-state index is 0.713. The first kappa shape index (κ1) is 14.1. The summed E-state index contributed by atoms with van der Waals surface area (Å²) in [5.41, 5.74) is 4.10. The number of aromatic amines is 1. The van der Waals surface area contributed by atoms with Gasteiger partial charge in [-0.05, 0) is 31.2 Å². The maximum atomic E-state index is 6.43. The molecule has 0 unspecified atom stereocenters. The van der Waals surface area contributed by atoms with Crippen molar-refractivity contribution in [1.82, 2.24) is 10.3 Å². The van der Waals surface area contributed by atoms with Crippen LogP contribution in [0.15, 0.2) is 29.3 Å². The fourth-order valence-corrected chi connectivity index (χ4v) is 4.25. The Bertz CT molecular complexity index is 908. The molecule has 2 aromatic heterocycles. The zero-order chi connectivity index (χ0) is 15.3. The van der Waals surface area contributed by atoms with Gasteiger partial charge >= 0.3 is 0 Å². The topological polar surface area (TPSA) is 40.2 Å². The smallest absolute Gasteiger partial charge is 0.131 e. The molecule has 0 spiro atoms. The molecule has 6 heteroatoms. The molecule has 0 bridgehead atoms. The van der Waals surface area contributed by atoms with Gasteiger partial charge in [0, 0.05) is 32.9 Å². The molecule has 3 aromatic rings. The number of nitrogens with zero attached hydrogens (tertiary/aromatic N) is 1. The first-order valence-electron chi connectivity index (χ1n) is 6.99. The summed E-state index contributed by atoms with van der Waals surface area (Å²) in [6.45, 7) is 3.71. The summed E-state index contributed by atoms with van der Waals surface area (Å²) in [6.07, 6.45) is 0. The van der Waals surface area contributed by atoms with Gasteiger partial charge in [0.2, 0.25) is 0 Å². The van der Waals surface area contributed by atoms with Crippen molar-refractivity contribution < 1.29 is 0 Å². The highest BCUT2D eigenvalue weighted by atomic mass is 35.5. The number of aryl methyl sites for hydroxylation is 1. The van der Waals surface area contributed by atoms with Gasteiger partial charge in [-0.15, -0.1) is 11.3 Å². The fourth-order valence-electron chi connectivity index (χ4n) is 2.83. The Hall–Kier alpha value is -1.49.